The number of aliphatic carboxylic acids is 1. The number of hydrogen-bond acceptors (Lipinski definition) is 4. The van der Waals surface area contributed by atoms with Gasteiger partial charge in [-0.2, -0.15) is 13.2 Å². The molecular weight excluding hydrogens is 364 g/mol. The Morgan fingerprint density at radius 3 is 2.22 bits per heavy atom. The van der Waals surface area contributed by atoms with Crippen molar-refractivity contribution in [2.75, 3.05) is 14.2 Å². The molecule has 0 aromatic heterocycles. The third kappa shape index (κ3) is 2.88. The Morgan fingerprint density at radius 1 is 1.22 bits per heavy atom. The largest absolute Gasteiger partial charge is 0.494 e. The number of benzene rings is 1. The molecule has 1 atom stereocenters. The summed E-state index contributed by atoms with van der Waals surface area (Å²) in [5.74, 6) is -2.46. The van der Waals surface area contributed by atoms with E-state index in [0.717, 1.165) is 6.08 Å². The molecule has 0 saturated heterocycles. The van der Waals surface area contributed by atoms with Gasteiger partial charge in [0.05, 0.1) is 25.4 Å². The van der Waals surface area contributed by atoms with Crippen LogP contribution < -0.4 is 14.2 Å². The molecule has 1 heterocycles. The number of halogens is 5. The van der Waals surface area contributed by atoms with Crippen molar-refractivity contribution in [1.29, 1.82) is 0 Å². The molecule has 0 amide bonds. The van der Waals surface area contributed by atoms with Crippen molar-refractivity contribution in [2.24, 2.45) is 0 Å². The average molecular weight is 373 g/mol. The topological polar surface area (TPSA) is 65.0 Å². The second kappa shape index (κ2) is 6.01. The average Bonchev–Trinajstić information content (AvgIpc) is 2.46. The number of alkyl halides is 3. The van der Waals surface area contributed by atoms with E-state index in [1.54, 1.807) is 0 Å². The first-order valence-electron chi connectivity index (χ1n) is 5.94. The van der Waals surface area contributed by atoms with E-state index in [1.807, 2.05) is 0 Å². The lowest BCUT2D eigenvalue weighted by Gasteiger charge is -2.29. The Morgan fingerprint density at radius 2 is 1.78 bits per heavy atom. The van der Waals surface area contributed by atoms with E-state index >= 15 is 0 Å². The van der Waals surface area contributed by atoms with Crippen LogP contribution in [0.25, 0.3) is 6.08 Å². The third-order valence-corrected chi connectivity index (χ3v) is 3.74. The first kappa shape index (κ1) is 17.6. The van der Waals surface area contributed by atoms with Crippen LogP contribution >= 0.6 is 23.2 Å². The number of carbonyl (C=O) groups is 1. The van der Waals surface area contributed by atoms with E-state index in [-0.39, 0.29) is 27.1 Å². The fraction of sp³-hybridized carbons (Fsp3) is 0.308. The third-order valence-electron chi connectivity index (χ3n) is 3.06. The molecule has 0 spiro atoms. The van der Waals surface area contributed by atoms with Crippen LogP contribution in [0, 0.1) is 0 Å². The Labute approximate surface area is 138 Å². The van der Waals surface area contributed by atoms with Gasteiger partial charge in [-0.15, -0.1) is 0 Å². The number of ether oxygens (including phenoxy) is 3. The molecule has 1 aliphatic heterocycles. The van der Waals surface area contributed by atoms with Gasteiger partial charge in [-0.1, -0.05) is 23.2 Å². The second-order valence-corrected chi connectivity index (χ2v) is 5.14. The molecule has 0 fully saturated rings. The van der Waals surface area contributed by atoms with Crippen LogP contribution in [0.3, 0.4) is 0 Å². The molecule has 5 nitrogen and oxygen atoms in total. The van der Waals surface area contributed by atoms with Crippen molar-refractivity contribution < 1.29 is 37.3 Å². The Bertz CT molecular complexity index is 700. The lowest BCUT2D eigenvalue weighted by Crippen LogP contribution is -2.40. The summed E-state index contributed by atoms with van der Waals surface area (Å²) < 4.78 is 54.0. The van der Waals surface area contributed by atoms with E-state index in [4.69, 9.17) is 42.5 Å². The molecule has 126 valence electrons. The van der Waals surface area contributed by atoms with Gasteiger partial charge in [0.1, 0.15) is 10.0 Å². The maximum atomic E-state index is 13.1. The van der Waals surface area contributed by atoms with Gasteiger partial charge in [0, 0.05) is 0 Å². The van der Waals surface area contributed by atoms with Crippen LogP contribution in [0.15, 0.2) is 5.57 Å². The van der Waals surface area contributed by atoms with Gasteiger partial charge >= 0.3 is 12.1 Å². The van der Waals surface area contributed by atoms with Gasteiger partial charge in [0.15, 0.2) is 17.2 Å². The Hall–Kier alpha value is -1.80. The molecule has 23 heavy (non-hydrogen) atoms. The van der Waals surface area contributed by atoms with Crippen LogP contribution in [0.5, 0.6) is 17.2 Å². The summed E-state index contributed by atoms with van der Waals surface area (Å²) in [5.41, 5.74) is -1.12. The van der Waals surface area contributed by atoms with Gasteiger partial charge in [-0.3, -0.25) is 0 Å². The molecule has 2 rings (SSSR count). The second-order valence-electron chi connectivity index (χ2n) is 4.38. The van der Waals surface area contributed by atoms with Crippen molar-refractivity contribution in [1.82, 2.24) is 0 Å². The Balaban J connectivity index is 2.80. The highest BCUT2D eigenvalue weighted by Gasteiger charge is 2.49. The van der Waals surface area contributed by atoms with Gasteiger partial charge in [-0.05, 0) is 6.08 Å². The summed E-state index contributed by atoms with van der Waals surface area (Å²) in [6.07, 6.45) is -6.86. The van der Waals surface area contributed by atoms with Crippen LogP contribution in [0.2, 0.25) is 10.0 Å². The van der Waals surface area contributed by atoms with E-state index in [0.29, 0.717) is 0 Å². The molecule has 1 N–H and O–H groups in total. The van der Waals surface area contributed by atoms with Gasteiger partial charge in [0.2, 0.25) is 6.10 Å². The standard InChI is InChI=1S/C13H9Cl2F3O5/c1-21-8-4-3-5(12(19)20)11(13(16,17)18)23-9(4)7(15)10(22-2)6(8)14/h3,11H,1-2H3,(H,19,20). The molecule has 0 saturated carbocycles. The van der Waals surface area contributed by atoms with Crippen LogP contribution in [0.1, 0.15) is 5.56 Å². The lowest BCUT2D eigenvalue weighted by molar-refractivity contribution is -0.187. The maximum Gasteiger partial charge on any atom is 0.430 e. The number of carboxylic acids is 1. The van der Waals surface area contributed by atoms with Crippen molar-refractivity contribution in [2.45, 2.75) is 12.3 Å². The maximum absolute atomic E-state index is 13.1. The zero-order valence-electron chi connectivity index (χ0n) is 11.6. The normalized spacial score (nSPS) is 17.0. The van der Waals surface area contributed by atoms with Crippen molar-refractivity contribution in [3.05, 3.63) is 21.2 Å². The quantitative estimate of drug-likeness (QED) is 0.873. The number of rotatable bonds is 3. The van der Waals surface area contributed by atoms with Crippen LogP contribution in [-0.4, -0.2) is 37.6 Å². The first-order valence-corrected chi connectivity index (χ1v) is 6.70. The summed E-state index contributed by atoms with van der Waals surface area (Å²) >= 11 is 12.0. The van der Waals surface area contributed by atoms with Gasteiger partial charge in [0.25, 0.3) is 0 Å². The highest BCUT2D eigenvalue weighted by Crippen LogP contribution is 2.53. The number of methoxy groups -OCH3 is 2. The molecule has 1 aliphatic rings. The summed E-state index contributed by atoms with van der Waals surface area (Å²) in [6.45, 7) is 0. The molecule has 10 heteroatoms. The molecule has 1 aromatic rings. The summed E-state index contributed by atoms with van der Waals surface area (Å²) in [7, 11) is 2.42. The van der Waals surface area contributed by atoms with Crippen LogP contribution in [-0.2, 0) is 4.79 Å². The molecule has 1 unspecified atom stereocenters. The SMILES string of the molecule is COc1c(Cl)c(OC)c2c(c1Cl)OC(C(F)(F)F)C(C(=O)O)=C2. The van der Waals surface area contributed by atoms with Gasteiger partial charge < -0.3 is 19.3 Å². The van der Waals surface area contributed by atoms with Crippen LogP contribution in [0.4, 0.5) is 13.2 Å². The van der Waals surface area contributed by atoms with E-state index in [1.165, 1.54) is 14.2 Å². The first-order chi connectivity index (χ1) is 10.6. The monoisotopic (exact) mass is 372 g/mol. The van der Waals surface area contributed by atoms with E-state index in [9.17, 15) is 18.0 Å². The van der Waals surface area contributed by atoms with Crippen molar-refractivity contribution >= 4 is 35.2 Å². The molecule has 0 radical (unpaired) electrons. The number of fused-ring (bicyclic) bond motifs is 1. The van der Waals surface area contributed by atoms with E-state index in [2.05, 4.69) is 0 Å². The highest BCUT2D eigenvalue weighted by molar-refractivity contribution is 6.39. The molecule has 1 aromatic carbocycles. The molecular formula is C13H9Cl2F3O5. The Kier molecular flexibility index (Phi) is 4.59. The van der Waals surface area contributed by atoms with E-state index < -0.39 is 29.6 Å². The minimum atomic E-state index is -4.95. The number of hydrogen-bond donors (Lipinski definition) is 1. The molecule has 0 bridgehead atoms. The minimum Gasteiger partial charge on any atom is -0.494 e. The summed E-state index contributed by atoms with van der Waals surface area (Å²) in [6, 6.07) is 0. The van der Waals surface area contributed by atoms with Crippen molar-refractivity contribution in [3.8, 4) is 17.2 Å². The molecule has 0 aliphatic carbocycles. The summed E-state index contributed by atoms with van der Waals surface area (Å²) in [4.78, 5) is 11.1. The highest BCUT2D eigenvalue weighted by atomic mass is 35.5. The predicted molar refractivity (Wildman–Crippen MR) is 75.6 cm³/mol. The zero-order chi connectivity index (χ0) is 17.5. The fourth-order valence-electron chi connectivity index (χ4n) is 2.10. The fourth-order valence-corrected chi connectivity index (χ4v) is 2.81. The zero-order valence-corrected chi connectivity index (χ0v) is 13.1. The lowest BCUT2D eigenvalue weighted by atomic mass is 10.00. The predicted octanol–water partition coefficient (Wildman–Crippen LogP) is 3.80. The number of carboxylic acid groups (broad SMARTS) is 1. The van der Waals surface area contributed by atoms with Gasteiger partial charge in [-0.25, -0.2) is 4.79 Å². The summed E-state index contributed by atoms with van der Waals surface area (Å²) in [5, 5.41) is 8.59. The smallest absolute Gasteiger partial charge is 0.430 e. The minimum absolute atomic E-state index is 0.109. The van der Waals surface area contributed by atoms with Crippen molar-refractivity contribution in [3.63, 3.8) is 0 Å².